The average Bonchev–Trinajstić information content (AvgIpc) is 2.99. The number of amides is 2. The quantitative estimate of drug-likeness (QED) is 0.825. The molecule has 1 atom stereocenters. The van der Waals surface area contributed by atoms with Gasteiger partial charge in [-0.3, -0.25) is 14.6 Å². The second-order valence-electron chi connectivity index (χ2n) is 7.33. The summed E-state index contributed by atoms with van der Waals surface area (Å²) in [5.74, 6) is 0.926. The third-order valence-corrected chi connectivity index (χ3v) is 5.14. The van der Waals surface area contributed by atoms with Gasteiger partial charge in [0.15, 0.2) is 0 Å². The summed E-state index contributed by atoms with van der Waals surface area (Å²) < 4.78 is 5.16. The van der Waals surface area contributed by atoms with Gasteiger partial charge in [-0.15, -0.1) is 0 Å². The Hall–Kier alpha value is -2.70. The van der Waals surface area contributed by atoms with Crippen LogP contribution < -0.4 is 0 Å². The topological polar surface area (TPSA) is 79.5 Å². The molecule has 1 saturated heterocycles. The van der Waals surface area contributed by atoms with E-state index in [2.05, 4.69) is 10.1 Å². The average molecular weight is 370 g/mol. The molecular weight excluding hydrogens is 344 g/mol. The van der Waals surface area contributed by atoms with Crippen LogP contribution >= 0.6 is 0 Å². The summed E-state index contributed by atoms with van der Waals surface area (Å²) in [4.78, 5) is 32.7. The number of piperidine rings is 1. The highest BCUT2D eigenvalue weighted by Crippen LogP contribution is 2.26. The van der Waals surface area contributed by atoms with E-state index in [9.17, 15) is 9.59 Å². The van der Waals surface area contributed by atoms with Crippen LogP contribution in [0.5, 0.6) is 0 Å². The van der Waals surface area contributed by atoms with E-state index in [0.29, 0.717) is 24.3 Å². The van der Waals surface area contributed by atoms with Crippen LogP contribution in [0, 0.1) is 13.8 Å². The van der Waals surface area contributed by atoms with Crippen molar-refractivity contribution < 1.29 is 14.1 Å². The van der Waals surface area contributed by atoms with Crippen LogP contribution in [-0.4, -0.2) is 58.9 Å². The second kappa shape index (κ2) is 7.90. The van der Waals surface area contributed by atoms with Gasteiger partial charge in [0.25, 0.3) is 5.91 Å². The Morgan fingerprint density at radius 2 is 2.07 bits per heavy atom. The van der Waals surface area contributed by atoms with Crippen LogP contribution in [-0.2, 0) is 11.2 Å². The summed E-state index contributed by atoms with van der Waals surface area (Å²) in [5, 5.41) is 3.92. The third kappa shape index (κ3) is 4.18. The molecule has 2 aromatic heterocycles. The van der Waals surface area contributed by atoms with Gasteiger partial charge in [-0.25, -0.2) is 0 Å². The SMILES string of the molecule is Cc1noc(C)c1CC(=O)N1CCCC(c2ccc(C(=O)N(C)C)cn2)C1. The van der Waals surface area contributed by atoms with Crippen LogP contribution in [0.15, 0.2) is 22.9 Å². The zero-order valence-corrected chi connectivity index (χ0v) is 16.4. The Bertz CT molecular complexity index is 807. The van der Waals surface area contributed by atoms with Crippen molar-refractivity contribution in [3.05, 3.63) is 46.6 Å². The summed E-state index contributed by atoms with van der Waals surface area (Å²) in [6, 6.07) is 3.72. The van der Waals surface area contributed by atoms with Gasteiger partial charge < -0.3 is 14.3 Å². The fourth-order valence-electron chi connectivity index (χ4n) is 3.49. The Morgan fingerprint density at radius 1 is 1.30 bits per heavy atom. The van der Waals surface area contributed by atoms with Gasteiger partial charge in [0.1, 0.15) is 5.76 Å². The minimum atomic E-state index is -0.0611. The van der Waals surface area contributed by atoms with E-state index in [1.807, 2.05) is 30.9 Å². The van der Waals surface area contributed by atoms with Gasteiger partial charge in [-0.05, 0) is 38.8 Å². The molecule has 7 nitrogen and oxygen atoms in total. The minimum Gasteiger partial charge on any atom is -0.361 e. The molecular formula is C20H26N4O3. The fraction of sp³-hybridized carbons (Fsp3) is 0.500. The number of hydrogen-bond donors (Lipinski definition) is 0. The summed E-state index contributed by atoms with van der Waals surface area (Å²) >= 11 is 0. The molecule has 0 radical (unpaired) electrons. The number of carbonyl (C=O) groups is 2. The van der Waals surface area contributed by atoms with E-state index >= 15 is 0 Å². The lowest BCUT2D eigenvalue weighted by atomic mass is 9.93. The minimum absolute atomic E-state index is 0.0611. The number of nitrogens with zero attached hydrogens (tertiary/aromatic N) is 4. The molecule has 1 unspecified atom stereocenters. The molecule has 0 saturated carbocycles. The van der Waals surface area contributed by atoms with E-state index < -0.39 is 0 Å². The molecule has 1 aliphatic rings. The highest BCUT2D eigenvalue weighted by Gasteiger charge is 2.27. The molecule has 3 rings (SSSR count). The van der Waals surface area contributed by atoms with Gasteiger partial charge in [0.05, 0.1) is 17.7 Å². The van der Waals surface area contributed by atoms with Crippen molar-refractivity contribution >= 4 is 11.8 Å². The molecule has 2 amide bonds. The van der Waals surface area contributed by atoms with Crippen molar-refractivity contribution in [2.24, 2.45) is 0 Å². The maximum absolute atomic E-state index is 12.8. The lowest BCUT2D eigenvalue weighted by Gasteiger charge is -2.32. The Balaban J connectivity index is 1.67. The van der Waals surface area contributed by atoms with E-state index in [0.717, 1.165) is 36.3 Å². The number of likely N-dealkylation sites (tertiary alicyclic amines) is 1. The number of aromatic nitrogens is 2. The maximum atomic E-state index is 12.8. The van der Waals surface area contributed by atoms with Crippen molar-refractivity contribution in [2.75, 3.05) is 27.2 Å². The molecule has 1 aliphatic heterocycles. The zero-order valence-electron chi connectivity index (χ0n) is 16.4. The molecule has 0 aliphatic carbocycles. The molecule has 27 heavy (non-hydrogen) atoms. The van der Waals surface area contributed by atoms with Crippen LogP contribution in [0.2, 0.25) is 0 Å². The molecule has 144 valence electrons. The fourth-order valence-corrected chi connectivity index (χ4v) is 3.49. The Morgan fingerprint density at radius 3 is 2.67 bits per heavy atom. The summed E-state index contributed by atoms with van der Waals surface area (Å²) in [5.41, 5.74) is 3.16. The monoisotopic (exact) mass is 370 g/mol. The van der Waals surface area contributed by atoms with Gasteiger partial charge in [0.2, 0.25) is 5.91 Å². The largest absolute Gasteiger partial charge is 0.361 e. The predicted molar refractivity (Wildman–Crippen MR) is 100 cm³/mol. The first kappa shape index (κ1) is 19.1. The smallest absolute Gasteiger partial charge is 0.254 e. The first-order valence-corrected chi connectivity index (χ1v) is 9.24. The highest BCUT2D eigenvalue weighted by atomic mass is 16.5. The van der Waals surface area contributed by atoms with Crippen molar-refractivity contribution in [3.63, 3.8) is 0 Å². The van der Waals surface area contributed by atoms with Crippen molar-refractivity contribution in [1.82, 2.24) is 19.9 Å². The number of rotatable bonds is 4. The molecule has 0 bridgehead atoms. The predicted octanol–water partition coefficient (Wildman–Crippen LogP) is 2.34. The van der Waals surface area contributed by atoms with Gasteiger partial charge in [-0.2, -0.15) is 0 Å². The molecule has 2 aromatic rings. The van der Waals surface area contributed by atoms with E-state index in [1.165, 1.54) is 4.90 Å². The number of aryl methyl sites for hydroxylation is 2. The molecule has 0 N–H and O–H groups in total. The second-order valence-corrected chi connectivity index (χ2v) is 7.33. The van der Waals surface area contributed by atoms with E-state index in [-0.39, 0.29) is 17.7 Å². The molecule has 3 heterocycles. The molecule has 7 heteroatoms. The Kier molecular flexibility index (Phi) is 5.58. The van der Waals surface area contributed by atoms with Crippen LogP contribution in [0.3, 0.4) is 0 Å². The van der Waals surface area contributed by atoms with Crippen molar-refractivity contribution in [3.8, 4) is 0 Å². The van der Waals surface area contributed by atoms with Gasteiger partial charge in [-0.1, -0.05) is 5.16 Å². The Labute approximate surface area is 159 Å². The van der Waals surface area contributed by atoms with Crippen LogP contribution in [0.1, 0.15) is 51.8 Å². The van der Waals surface area contributed by atoms with Gasteiger partial charge in [0, 0.05) is 50.6 Å². The number of hydrogen-bond acceptors (Lipinski definition) is 5. The lowest BCUT2D eigenvalue weighted by Crippen LogP contribution is -2.40. The van der Waals surface area contributed by atoms with Crippen molar-refractivity contribution in [2.45, 2.75) is 39.0 Å². The lowest BCUT2D eigenvalue weighted by molar-refractivity contribution is -0.131. The molecule has 0 spiro atoms. The van der Waals surface area contributed by atoms with E-state index in [4.69, 9.17) is 4.52 Å². The zero-order chi connectivity index (χ0) is 19.6. The van der Waals surface area contributed by atoms with Gasteiger partial charge >= 0.3 is 0 Å². The normalized spacial score (nSPS) is 17.0. The first-order chi connectivity index (χ1) is 12.9. The molecule has 0 aromatic carbocycles. The summed E-state index contributed by atoms with van der Waals surface area (Å²) in [6.45, 7) is 5.10. The van der Waals surface area contributed by atoms with Crippen LogP contribution in [0.25, 0.3) is 0 Å². The summed E-state index contributed by atoms with van der Waals surface area (Å²) in [7, 11) is 3.44. The first-order valence-electron chi connectivity index (χ1n) is 9.24. The van der Waals surface area contributed by atoms with Crippen LogP contribution in [0.4, 0.5) is 0 Å². The number of carbonyl (C=O) groups excluding carboxylic acids is 2. The highest BCUT2D eigenvalue weighted by molar-refractivity contribution is 5.93. The molecule has 1 fully saturated rings. The maximum Gasteiger partial charge on any atom is 0.254 e. The van der Waals surface area contributed by atoms with Crippen molar-refractivity contribution in [1.29, 1.82) is 0 Å². The van der Waals surface area contributed by atoms with E-state index in [1.54, 1.807) is 20.3 Å². The third-order valence-electron chi connectivity index (χ3n) is 5.14. The number of pyridine rings is 1. The summed E-state index contributed by atoms with van der Waals surface area (Å²) in [6.07, 6.45) is 3.88. The standard InChI is InChI=1S/C20H26N4O3/c1-13-17(14(2)27-22-13)10-19(25)24-9-5-6-16(12-24)18-8-7-15(11-21-18)20(26)23(3)4/h7-8,11,16H,5-6,9-10,12H2,1-4H3.